The first-order valence-electron chi connectivity index (χ1n) is 7.07. The maximum absolute atomic E-state index is 9.96. The standard InChI is InChI=1S/C16H23NO2/c18-15(13-17-11-5-2-6-12-17)9-10-16(19)14-7-3-1-4-8-14/h1,3-4,7-10,15-16,18-19H,2,5-6,11-13H2/t15-,16-/m1/s1. The van der Waals surface area contributed by atoms with E-state index in [-0.39, 0.29) is 0 Å². The molecule has 0 aliphatic carbocycles. The molecule has 104 valence electrons. The van der Waals surface area contributed by atoms with Gasteiger partial charge in [-0.05, 0) is 31.5 Å². The number of aliphatic hydroxyl groups is 2. The van der Waals surface area contributed by atoms with Gasteiger partial charge in [0.2, 0.25) is 0 Å². The molecule has 0 unspecified atom stereocenters. The van der Waals surface area contributed by atoms with Crippen molar-refractivity contribution in [3.8, 4) is 0 Å². The third kappa shape index (κ3) is 4.78. The lowest BCUT2D eigenvalue weighted by atomic mass is 10.1. The van der Waals surface area contributed by atoms with Gasteiger partial charge >= 0.3 is 0 Å². The van der Waals surface area contributed by atoms with Crippen LogP contribution in [0.4, 0.5) is 0 Å². The molecule has 1 fully saturated rings. The van der Waals surface area contributed by atoms with Crippen molar-refractivity contribution >= 4 is 0 Å². The highest BCUT2D eigenvalue weighted by Gasteiger charge is 2.13. The molecule has 19 heavy (non-hydrogen) atoms. The summed E-state index contributed by atoms with van der Waals surface area (Å²) in [5.41, 5.74) is 0.851. The van der Waals surface area contributed by atoms with Crippen LogP contribution in [0.25, 0.3) is 0 Å². The van der Waals surface area contributed by atoms with Crippen LogP contribution in [-0.2, 0) is 0 Å². The molecule has 2 N–H and O–H groups in total. The molecule has 0 saturated carbocycles. The van der Waals surface area contributed by atoms with E-state index in [2.05, 4.69) is 4.90 Å². The van der Waals surface area contributed by atoms with Crippen LogP contribution >= 0.6 is 0 Å². The summed E-state index contributed by atoms with van der Waals surface area (Å²) in [7, 11) is 0. The van der Waals surface area contributed by atoms with Gasteiger partial charge in [-0.15, -0.1) is 0 Å². The van der Waals surface area contributed by atoms with Crippen molar-refractivity contribution in [2.75, 3.05) is 19.6 Å². The quantitative estimate of drug-likeness (QED) is 0.798. The molecular weight excluding hydrogens is 238 g/mol. The lowest BCUT2D eigenvalue weighted by molar-refractivity contribution is 0.130. The normalized spacial score (nSPS) is 20.5. The fraction of sp³-hybridized carbons (Fsp3) is 0.500. The zero-order chi connectivity index (χ0) is 13.5. The Hall–Kier alpha value is -1.16. The fourth-order valence-electron chi connectivity index (χ4n) is 2.46. The smallest absolute Gasteiger partial charge is 0.0972 e. The molecule has 1 aliphatic heterocycles. The van der Waals surface area contributed by atoms with Crippen molar-refractivity contribution in [3.05, 3.63) is 48.0 Å². The average molecular weight is 261 g/mol. The highest BCUT2D eigenvalue weighted by Crippen LogP contribution is 2.14. The molecule has 1 saturated heterocycles. The second-order valence-corrected chi connectivity index (χ2v) is 5.17. The average Bonchev–Trinajstić information content (AvgIpc) is 2.47. The van der Waals surface area contributed by atoms with E-state index in [0.29, 0.717) is 6.54 Å². The van der Waals surface area contributed by atoms with E-state index < -0.39 is 12.2 Å². The Balaban J connectivity index is 1.80. The molecule has 0 radical (unpaired) electrons. The number of rotatable bonds is 5. The van der Waals surface area contributed by atoms with Crippen LogP contribution in [0.5, 0.6) is 0 Å². The second-order valence-electron chi connectivity index (χ2n) is 5.17. The maximum Gasteiger partial charge on any atom is 0.0972 e. The minimum Gasteiger partial charge on any atom is -0.388 e. The van der Waals surface area contributed by atoms with Crippen molar-refractivity contribution in [1.29, 1.82) is 0 Å². The number of benzene rings is 1. The van der Waals surface area contributed by atoms with Crippen LogP contribution in [0, 0.1) is 0 Å². The van der Waals surface area contributed by atoms with E-state index >= 15 is 0 Å². The zero-order valence-corrected chi connectivity index (χ0v) is 11.3. The van der Waals surface area contributed by atoms with Gasteiger partial charge in [0.1, 0.15) is 0 Å². The topological polar surface area (TPSA) is 43.7 Å². The molecule has 2 rings (SSSR count). The molecular formula is C16H23NO2. The molecule has 1 aromatic carbocycles. The predicted molar refractivity (Wildman–Crippen MR) is 76.8 cm³/mol. The summed E-state index contributed by atoms with van der Waals surface area (Å²) in [5, 5.41) is 19.9. The van der Waals surface area contributed by atoms with Gasteiger partial charge in [-0.25, -0.2) is 0 Å². The zero-order valence-electron chi connectivity index (χ0n) is 11.3. The van der Waals surface area contributed by atoms with Gasteiger partial charge in [-0.3, -0.25) is 0 Å². The second kappa shape index (κ2) is 7.43. The van der Waals surface area contributed by atoms with Crippen LogP contribution in [0.15, 0.2) is 42.5 Å². The van der Waals surface area contributed by atoms with Crippen molar-refractivity contribution < 1.29 is 10.2 Å². The molecule has 0 bridgehead atoms. The first kappa shape index (κ1) is 14.3. The van der Waals surface area contributed by atoms with Crippen molar-refractivity contribution in [2.45, 2.75) is 31.5 Å². The third-order valence-electron chi connectivity index (χ3n) is 3.55. The Labute approximate surface area is 115 Å². The van der Waals surface area contributed by atoms with Crippen LogP contribution in [-0.4, -0.2) is 40.9 Å². The van der Waals surface area contributed by atoms with E-state index in [9.17, 15) is 10.2 Å². The number of aliphatic hydroxyl groups excluding tert-OH is 2. The Morgan fingerprint density at radius 1 is 1.00 bits per heavy atom. The number of piperidine rings is 1. The summed E-state index contributed by atoms with van der Waals surface area (Å²) in [6.07, 6.45) is 5.98. The number of hydrogen-bond acceptors (Lipinski definition) is 3. The number of hydrogen-bond donors (Lipinski definition) is 2. The third-order valence-corrected chi connectivity index (χ3v) is 3.55. The van der Waals surface area contributed by atoms with Gasteiger partial charge in [0.15, 0.2) is 0 Å². The van der Waals surface area contributed by atoms with Gasteiger partial charge < -0.3 is 15.1 Å². The number of likely N-dealkylation sites (tertiary alicyclic amines) is 1. The van der Waals surface area contributed by atoms with Gasteiger partial charge in [0.25, 0.3) is 0 Å². The summed E-state index contributed by atoms with van der Waals surface area (Å²) in [6.45, 7) is 2.82. The van der Waals surface area contributed by atoms with Crippen LogP contribution in [0.3, 0.4) is 0 Å². The Morgan fingerprint density at radius 2 is 1.68 bits per heavy atom. The Kier molecular flexibility index (Phi) is 5.58. The van der Waals surface area contributed by atoms with Crippen LogP contribution in [0.1, 0.15) is 30.9 Å². The SMILES string of the molecule is O[C@H](C=C[C@@H](O)c1ccccc1)CN1CCCCC1. The fourth-order valence-corrected chi connectivity index (χ4v) is 2.46. The molecule has 1 aromatic rings. The lowest BCUT2D eigenvalue weighted by Gasteiger charge is -2.27. The number of nitrogens with zero attached hydrogens (tertiary/aromatic N) is 1. The molecule has 3 nitrogen and oxygen atoms in total. The largest absolute Gasteiger partial charge is 0.388 e. The van der Waals surface area contributed by atoms with Gasteiger partial charge in [0, 0.05) is 6.54 Å². The highest BCUT2D eigenvalue weighted by atomic mass is 16.3. The van der Waals surface area contributed by atoms with Crippen LogP contribution < -0.4 is 0 Å². The van der Waals surface area contributed by atoms with Crippen molar-refractivity contribution in [1.82, 2.24) is 4.90 Å². The van der Waals surface area contributed by atoms with Crippen molar-refractivity contribution in [3.63, 3.8) is 0 Å². The van der Waals surface area contributed by atoms with Gasteiger partial charge in [0.05, 0.1) is 12.2 Å². The predicted octanol–water partition coefficient (Wildman–Crippen LogP) is 2.12. The molecule has 1 heterocycles. The van der Waals surface area contributed by atoms with Crippen LogP contribution in [0.2, 0.25) is 0 Å². The van der Waals surface area contributed by atoms with Gasteiger partial charge in [-0.2, -0.15) is 0 Å². The monoisotopic (exact) mass is 261 g/mol. The van der Waals surface area contributed by atoms with E-state index in [1.54, 1.807) is 12.2 Å². The molecule has 0 amide bonds. The van der Waals surface area contributed by atoms with E-state index in [4.69, 9.17) is 0 Å². The summed E-state index contributed by atoms with van der Waals surface area (Å²) in [5.74, 6) is 0. The lowest BCUT2D eigenvalue weighted by Crippen LogP contribution is -2.35. The van der Waals surface area contributed by atoms with E-state index in [1.165, 1.54) is 19.3 Å². The number of β-amino-alcohol motifs (C(OH)–C–C–N with tert-alkyl or cyclic N) is 1. The molecule has 2 atom stereocenters. The highest BCUT2D eigenvalue weighted by molar-refractivity contribution is 5.21. The molecule has 0 aromatic heterocycles. The molecule has 1 aliphatic rings. The summed E-state index contributed by atoms with van der Waals surface area (Å²) in [6, 6.07) is 9.48. The van der Waals surface area contributed by atoms with Gasteiger partial charge in [-0.1, -0.05) is 48.9 Å². The summed E-state index contributed by atoms with van der Waals surface area (Å²) < 4.78 is 0. The van der Waals surface area contributed by atoms with Crippen molar-refractivity contribution in [2.24, 2.45) is 0 Å². The Bertz CT molecular complexity index is 385. The Morgan fingerprint density at radius 3 is 2.37 bits per heavy atom. The minimum atomic E-state index is -0.641. The molecule has 3 heteroatoms. The first-order chi connectivity index (χ1) is 9.25. The molecule has 0 spiro atoms. The summed E-state index contributed by atoms with van der Waals surface area (Å²) >= 11 is 0. The maximum atomic E-state index is 9.96. The first-order valence-corrected chi connectivity index (χ1v) is 7.07. The van der Waals surface area contributed by atoms with E-state index in [1.807, 2.05) is 30.3 Å². The van der Waals surface area contributed by atoms with E-state index in [0.717, 1.165) is 18.7 Å². The minimum absolute atomic E-state index is 0.503. The summed E-state index contributed by atoms with van der Waals surface area (Å²) in [4.78, 5) is 2.29.